The average Bonchev–Trinajstić information content (AvgIpc) is 2.81. The SMILES string of the molecule is COc1c(C)cc(C)c(OC)c1-c1cccc2c1[P@@](C)[C@@H](C)O2. The van der Waals surface area contributed by atoms with Crippen LogP contribution >= 0.6 is 7.92 Å². The van der Waals surface area contributed by atoms with Gasteiger partial charge >= 0.3 is 0 Å². The zero-order valence-electron chi connectivity index (χ0n) is 14.6. The summed E-state index contributed by atoms with van der Waals surface area (Å²) in [6, 6.07) is 8.37. The standard InChI is InChI=1S/C19H23O3P/c1-11-10-12(2)18(21-5)16(17(11)20-4)14-8-7-9-15-19(14)23(6)13(3)22-15/h7-10,13H,1-6H3/t13-,23-/m0/s1. The van der Waals surface area contributed by atoms with E-state index in [0.29, 0.717) is 0 Å². The molecular formula is C19H23O3P. The molecule has 122 valence electrons. The van der Waals surface area contributed by atoms with Gasteiger partial charge in [-0.05, 0) is 58.6 Å². The molecule has 2 atom stereocenters. The first kappa shape index (κ1) is 16.1. The fourth-order valence-electron chi connectivity index (χ4n) is 3.35. The molecular weight excluding hydrogens is 307 g/mol. The van der Waals surface area contributed by atoms with E-state index in [1.54, 1.807) is 14.2 Å². The van der Waals surface area contributed by atoms with Crippen LogP contribution in [0.1, 0.15) is 18.1 Å². The van der Waals surface area contributed by atoms with Crippen molar-refractivity contribution in [3.63, 3.8) is 0 Å². The Morgan fingerprint density at radius 1 is 1.04 bits per heavy atom. The topological polar surface area (TPSA) is 27.7 Å². The molecule has 0 spiro atoms. The minimum atomic E-state index is -0.374. The van der Waals surface area contributed by atoms with Crippen molar-refractivity contribution in [1.82, 2.24) is 0 Å². The van der Waals surface area contributed by atoms with Gasteiger partial charge in [-0.1, -0.05) is 12.1 Å². The van der Waals surface area contributed by atoms with Crippen LogP contribution in [0.5, 0.6) is 17.2 Å². The highest BCUT2D eigenvalue weighted by Crippen LogP contribution is 2.52. The van der Waals surface area contributed by atoms with Crippen LogP contribution in [0.4, 0.5) is 0 Å². The Kier molecular flexibility index (Phi) is 4.25. The second-order valence-corrected chi connectivity index (χ2v) is 8.33. The number of ether oxygens (including phenoxy) is 3. The first-order valence-electron chi connectivity index (χ1n) is 7.74. The van der Waals surface area contributed by atoms with E-state index in [1.807, 2.05) is 6.07 Å². The van der Waals surface area contributed by atoms with Gasteiger partial charge in [0.25, 0.3) is 0 Å². The molecule has 0 aliphatic carbocycles. The molecule has 1 aliphatic rings. The number of rotatable bonds is 3. The molecule has 0 N–H and O–H groups in total. The first-order chi connectivity index (χ1) is 11.0. The molecule has 1 aliphatic heterocycles. The van der Waals surface area contributed by atoms with Gasteiger partial charge in [0.1, 0.15) is 23.1 Å². The molecule has 0 radical (unpaired) electrons. The molecule has 4 heteroatoms. The van der Waals surface area contributed by atoms with Crippen molar-refractivity contribution in [3.8, 4) is 28.4 Å². The lowest BCUT2D eigenvalue weighted by atomic mass is 9.97. The Morgan fingerprint density at radius 2 is 1.65 bits per heavy atom. The van der Waals surface area contributed by atoms with Gasteiger partial charge in [0.05, 0.1) is 19.8 Å². The number of fused-ring (bicyclic) bond motifs is 1. The largest absolute Gasteiger partial charge is 0.496 e. The van der Waals surface area contributed by atoms with Crippen molar-refractivity contribution in [1.29, 1.82) is 0 Å². The van der Waals surface area contributed by atoms with E-state index in [4.69, 9.17) is 14.2 Å². The maximum absolute atomic E-state index is 6.04. The Morgan fingerprint density at radius 3 is 2.22 bits per heavy atom. The predicted molar refractivity (Wildman–Crippen MR) is 97.0 cm³/mol. The first-order valence-corrected chi connectivity index (χ1v) is 9.60. The summed E-state index contributed by atoms with van der Waals surface area (Å²) in [6.07, 6.45) is 0. The lowest BCUT2D eigenvalue weighted by molar-refractivity contribution is 0.315. The summed E-state index contributed by atoms with van der Waals surface area (Å²) in [5.74, 6) is 2.99. The number of hydrogen-bond acceptors (Lipinski definition) is 3. The minimum Gasteiger partial charge on any atom is -0.496 e. The van der Waals surface area contributed by atoms with Gasteiger partial charge in [-0.25, -0.2) is 0 Å². The Bertz CT molecular complexity index is 727. The maximum Gasteiger partial charge on any atom is 0.133 e. The molecule has 0 amide bonds. The second kappa shape index (κ2) is 6.05. The monoisotopic (exact) mass is 330 g/mol. The highest BCUT2D eigenvalue weighted by molar-refractivity contribution is 7.66. The van der Waals surface area contributed by atoms with Crippen molar-refractivity contribution >= 4 is 13.2 Å². The summed E-state index contributed by atoms with van der Waals surface area (Å²) in [5.41, 5.74) is 4.44. The minimum absolute atomic E-state index is 0.240. The summed E-state index contributed by atoms with van der Waals surface area (Å²) < 4.78 is 17.5. The van der Waals surface area contributed by atoms with Gasteiger partial charge < -0.3 is 14.2 Å². The lowest BCUT2D eigenvalue weighted by Crippen LogP contribution is -2.07. The Balaban J connectivity index is 2.35. The zero-order valence-corrected chi connectivity index (χ0v) is 15.5. The second-order valence-electron chi connectivity index (χ2n) is 5.93. The Labute approximate surface area is 139 Å². The van der Waals surface area contributed by atoms with Crippen LogP contribution < -0.4 is 19.5 Å². The molecule has 23 heavy (non-hydrogen) atoms. The van der Waals surface area contributed by atoms with Crippen molar-refractivity contribution in [2.45, 2.75) is 26.6 Å². The number of methoxy groups -OCH3 is 2. The molecule has 1 heterocycles. The van der Waals surface area contributed by atoms with Crippen molar-refractivity contribution in [2.75, 3.05) is 20.9 Å². The van der Waals surface area contributed by atoms with E-state index >= 15 is 0 Å². The van der Waals surface area contributed by atoms with E-state index in [-0.39, 0.29) is 13.8 Å². The maximum atomic E-state index is 6.04. The molecule has 0 fully saturated rings. The van der Waals surface area contributed by atoms with E-state index < -0.39 is 0 Å². The highest BCUT2D eigenvalue weighted by Gasteiger charge is 2.32. The third-order valence-electron chi connectivity index (χ3n) is 4.48. The van der Waals surface area contributed by atoms with Gasteiger partial charge in [0.15, 0.2) is 0 Å². The molecule has 2 aromatic rings. The normalized spacial score (nSPS) is 19.2. The molecule has 0 unspecified atom stereocenters. The van der Waals surface area contributed by atoms with E-state index in [9.17, 15) is 0 Å². The molecule has 0 saturated heterocycles. The number of benzene rings is 2. The molecule has 0 aromatic heterocycles. The summed E-state index contributed by atoms with van der Waals surface area (Å²) >= 11 is 0. The third-order valence-corrected chi connectivity index (χ3v) is 6.84. The summed E-state index contributed by atoms with van der Waals surface area (Å²) in [4.78, 5) is 0. The van der Waals surface area contributed by atoms with Gasteiger partial charge in [-0.15, -0.1) is 0 Å². The van der Waals surface area contributed by atoms with Crippen LogP contribution in [0.15, 0.2) is 24.3 Å². The fourth-order valence-corrected chi connectivity index (χ4v) is 5.03. The molecule has 0 saturated carbocycles. The summed E-state index contributed by atoms with van der Waals surface area (Å²) in [6.45, 7) is 8.57. The van der Waals surface area contributed by atoms with Crippen LogP contribution in [0.3, 0.4) is 0 Å². The quantitative estimate of drug-likeness (QED) is 0.778. The lowest BCUT2D eigenvalue weighted by Gasteiger charge is -2.20. The molecule has 0 bridgehead atoms. The van der Waals surface area contributed by atoms with Crippen LogP contribution in [-0.2, 0) is 0 Å². The van der Waals surface area contributed by atoms with Crippen LogP contribution in [0.2, 0.25) is 0 Å². The fraction of sp³-hybridized carbons (Fsp3) is 0.368. The van der Waals surface area contributed by atoms with Crippen LogP contribution in [0.25, 0.3) is 11.1 Å². The highest BCUT2D eigenvalue weighted by atomic mass is 31.1. The molecule has 3 nitrogen and oxygen atoms in total. The van der Waals surface area contributed by atoms with Crippen molar-refractivity contribution in [2.24, 2.45) is 0 Å². The van der Waals surface area contributed by atoms with Gasteiger partial charge in [-0.2, -0.15) is 0 Å². The van der Waals surface area contributed by atoms with Gasteiger partial charge in [0, 0.05) is 10.9 Å². The summed E-state index contributed by atoms with van der Waals surface area (Å²) in [5, 5.41) is 1.30. The van der Waals surface area contributed by atoms with Gasteiger partial charge in [-0.3, -0.25) is 0 Å². The smallest absolute Gasteiger partial charge is 0.133 e. The van der Waals surface area contributed by atoms with E-state index in [0.717, 1.165) is 33.9 Å². The predicted octanol–water partition coefficient (Wildman–Crippen LogP) is 4.46. The third kappa shape index (κ3) is 2.48. The van der Waals surface area contributed by atoms with Crippen LogP contribution in [0, 0.1) is 13.8 Å². The zero-order chi connectivity index (χ0) is 16.7. The van der Waals surface area contributed by atoms with Crippen molar-refractivity contribution in [3.05, 3.63) is 35.4 Å². The molecule has 2 aromatic carbocycles. The molecule has 3 rings (SSSR count). The van der Waals surface area contributed by atoms with E-state index in [1.165, 1.54) is 10.9 Å². The average molecular weight is 330 g/mol. The summed E-state index contributed by atoms with van der Waals surface area (Å²) in [7, 11) is 3.07. The van der Waals surface area contributed by atoms with Crippen LogP contribution in [-0.4, -0.2) is 26.7 Å². The number of aryl methyl sites for hydroxylation is 2. The Hall–Kier alpha value is -1.73. The van der Waals surface area contributed by atoms with E-state index in [2.05, 4.69) is 45.6 Å². The van der Waals surface area contributed by atoms with Crippen molar-refractivity contribution < 1.29 is 14.2 Å². The van der Waals surface area contributed by atoms with Gasteiger partial charge in [0.2, 0.25) is 0 Å². The number of hydrogen-bond donors (Lipinski definition) is 0.